The van der Waals surface area contributed by atoms with E-state index in [0.717, 1.165) is 24.5 Å². The first kappa shape index (κ1) is 14.9. The molecule has 1 unspecified atom stereocenters. The van der Waals surface area contributed by atoms with E-state index in [1.807, 2.05) is 18.5 Å². The van der Waals surface area contributed by atoms with Gasteiger partial charge in [0.05, 0.1) is 18.2 Å². The predicted molar refractivity (Wildman–Crippen MR) is 73.2 cm³/mol. The predicted octanol–water partition coefficient (Wildman–Crippen LogP) is 2.59. The first-order chi connectivity index (χ1) is 8.27. The lowest BCUT2D eigenvalue weighted by atomic mass is 10.1. The fourth-order valence-corrected chi connectivity index (χ4v) is 2.71. The molecular weight excluding hydrogens is 258 g/mol. The van der Waals surface area contributed by atoms with Crippen LogP contribution in [-0.4, -0.2) is 40.0 Å². The smallest absolute Gasteiger partial charge is 0.0700 e. The van der Waals surface area contributed by atoms with Crippen molar-refractivity contribution in [3.63, 3.8) is 0 Å². The summed E-state index contributed by atoms with van der Waals surface area (Å²) in [7, 11) is 3.65. The molecule has 5 heteroatoms. The second kappa shape index (κ2) is 8.89. The first-order valence-corrected chi connectivity index (χ1v) is 6.99. The van der Waals surface area contributed by atoms with Crippen molar-refractivity contribution in [2.24, 2.45) is 0 Å². The summed E-state index contributed by atoms with van der Waals surface area (Å²) >= 11 is 7.79. The molecule has 0 aromatic carbocycles. The fourth-order valence-electron chi connectivity index (χ4n) is 1.51. The van der Waals surface area contributed by atoms with Crippen molar-refractivity contribution < 1.29 is 9.47 Å². The third-order valence-electron chi connectivity index (χ3n) is 2.57. The summed E-state index contributed by atoms with van der Waals surface area (Å²) in [6, 6.07) is 2.36. The summed E-state index contributed by atoms with van der Waals surface area (Å²) in [6.45, 7) is 2.06. The monoisotopic (exact) mass is 277 g/mol. The molecule has 3 nitrogen and oxygen atoms in total. The van der Waals surface area contributed by atoms with Crippen molar-refractivity contribution in [3.8, 4) is 0 Å². The van der Waals surface area contributed by atoms with E-state index in [2.05, 4.69) is 5.32 Å². The zero-order valence-corrected chi connectivity index (χ0v) is 11.9. The summed E-state index contributed by atoms with van der Waals surface area (Å²) in [5.41, 5.74) is 0. The van der Waals surface area contributed by atoms with Crippen LogP contribution in [0.1, 0.15) is 11.3 Å². The number of nitrogens with one attached hydrogen (secondary N) is 1. The lowest BCUT2D eigenvalue weighted by Crippen LogP contribution is -2.29. The average Bonchev–Trinajstić information content (AvgIpc) is 2.73. The van der Waals surface area contributed by atoms with Gasteiger partial charge in [0.15, 0.2) is 0 Å². The average molecular weight is 278 g/mol. The number of rotatable bonds is 9. The van der Waals surface area contributed by atoms with Gasteiger partial charge in [0, 0.05) is 24.6 Å². The number of likely N-dealkylation sites (N-methyl/N-ethyl adjacent to an activating group) is 1. The number of thiophene rings is 1. The standard InChI is InChI=1S/C12H20ClNO2S/c1-14-10(3-5-16-7-6-15-2)9-12-11(13)4-8-17-12/h4,8,10,14H,3,5-7,9H2,1-2H3. The van der Waals surface area contributed by atoms with E-state index in [1.54, 1.807) is 18.4 Å². The summed E-state index contributed by atoms with van der Waals surface area (Å²) in [5, 5.41) is 6.19. The first-order valence-electron chi connectivity index (χ1n) is 5.73. The Morgan fingerprint density at radius 2 is 2.24 bits per heavy atom. The molecule has 0 aliphatic carbocycles. The maximum Gasteiger partial charge on any atom is 0.0700 e. The van der Waals surface area contributed by atoms with Crippen LogP contribution in [0.3, 0.4) is 0 Å². The zero-order valence-electron chi connectivity index (χ0n) is 10.4. The second-order valence-electron chi connectivity index (χ2n) is 3.78. The molecule has 17 heavy (non-hydrogen) atoms. The van der Waals surface area contributed by atoms with Crippen molar-refractivity contribution in [1.29, 1.82) is 0 Å². The van der Waals surface area contributed by atoms with E-state index < -0.39 is 0 Å². The van der Waals surface area contributed by atoms with Gasteiger partial charge in [0.25, 0.3) is 0 Å². The number of ether oxygens (including phenoxy) is 2. The Kier molecular flexibility index (Phi) is 7.81. The van der Waals surface area contributed by atoms with E-state index in [9.17, 15) is 0 Å². The maximum atomic E-state index is 6.08. The van der Waals surface area contributed by atoms with Crippen LogP contribution in [-0.2, 0) is 15.9 Å². The molecule has 0 aliphatic rings. The molecule has 0 spiro atoms. The van der Waals surface area contributed by atoms with Crippen LogP contribution in [0.2, 0.25) is 5.02 Å². The summed E-state index contributed by atoms with van der Waals surface area (Å²) in [6.07, 6.45) is 1.94. The van der Waals surface area contributed by atoms with Gasteiger partial charge in [0.1, 0.15) is 0 Å². The van der Waals surface area contributed by atoms with Crippen molar-refractivity contribution in [2.75, 3.05) is 34.0 Å². The molecule has 0 saturated carbocycles. The van der Waals surface area contributed by atoms with Crippen LogP contribution in [0.15, 0.2) is 11.4 Å². The molecule has 0 fully saturated rings. The SMILES string of the molecule is CNC(CCOCCOC)Cc1sccc1Cl. The quantitative estimate of drug-likeness (QED) is 0.704. The molecule has 1 N–H and O–H groups in total. The van der Waals surface area contributed by atoms with Crippen LogP contribution < -0.4 is 5.32 Å². The Bertz CT molecular complexity index is 306. The summed E-state index contributed by atoms with van der Waals surface area (Å²) < 4.78 is 10.4. The molecule has 1 aromatic heterocycles. The molecule has 1 heterocycles. The molecule has 1 rings (SSSR count). The van der Waals surface area contributed by atoms with Gasteiger partial charge in [-0.1, -0.05) is 11.6 Å². The fraction of sp³-hybridized carbons (Fsp3) is 0.667. The Labute approximate surface area is 112 Å². The van der Waals surface area contributed by atoms with Crippen molar-refractivity contribution in [3.05, 3.63) is 21.3 Å². The van der Waals surface area contributed by atoms with Crippen molar-refractivity contribution in [1.82, 2.24) is 5.32 Å². The van der Waals surface area contributed by atoms with Crippen LogP contribution in [0, 0.1) is 0 Å². The molecule has 0 saturated heterocycles. The lowest BCUT2D eigenvalue weighted by molar-refractivity contribution is 0.0661. The minimum atomic E-state index is 0.411. The van der Waals surface area contributed by atoms with Gasteiger partial charge >= 0.3 is 0 Å². The molecule has 0 radical (unpaired) electrons. The maximum absolute atomic E-state index is 6.08. The number of hydrogen-bond acceptors (Lipinski definition) is 4. The lowest BCUT2D eigenvalue weighted by Gasteiger charge is -2.15. The Morgan fingerprint density at radius 3 is 2.82 bits per heavy atom. The zero-order chi connectivity index (χ0) is 12.5. The van der Waals surface area contributed by atoms with E-state index in [1.165, 1.54) is 4.88 Å². The minimum Gasteiger partial charge on any atom is -0.382 e. The highest BCUT2D eigenvalue weighted by atomic mass is 35.5. The van der Waals surface area contributed by atoms with Gasteiger partial charge < -0.3 is 14.8 Å². The van der Waals surface area contributed by atoms with Crippen LogP contribution in [0.5, 0.6) is 0 Å². The molecule has 0 amide bonds. The van der Waals surface area contributed by atoms with Gasteiger partial charge in [-0.15, -0.1) is 11.3 Å². The molecule has 0 bridgehead atoms. The van der Waals surface area contributed by atoms with Gasteiger partial charge in [-0.2, -0.15) is 0 Å². The molecule has 98 valence electrons. The Morgan fingerprint density at radius 1 is 1.41 bits per heavy atom. The highest BCUT2D eigenvalue weighted by Crippen LogP contribution is 2.23. The summed E-state index contributed by atoms with van der Waals surface area (Å²) in [5.74, 6) is 0. The molecule has 1 atom stereocenters. The van der Waals surface area contributed by atoms with Crippen molar-refractivity contribution in [2.45, 2.75) is 18.9 Å². The third-order valence-corrected chi connectivity index (χ3v) is 3.98. The van der Waals surface area contributed by atoms with E-state index in [-0.39, 0.29) is 0 Å². The largest absolute Gasteiger partial charge is 0.382 e. The Balaban J connectivity index is 2.22. The van der Waals surface area contributed by atoms with E-state index in [4.69, 9.17) is 21.1 Å². The third kappa shape index (κ3) is 5.84. The van der Waals surface area contributed by atoms with E-state index in [0.29, 0.717) is 19.3 Å². The van der Waals surface area contributed by atoms with Gasteiger partial charge in [-0.05, 0) is 31.3 Å². The molecule has 1 aromatic rings. The van der Waals surface area contributed by atoms with Crippen LogP contribution in [0.25, 0.3) is 0 Å². The topological polar surface area (TPSA) is 30.5 Å². The normalized spacial score (nSPS) is 12.9. The highest BCUT2D eigenvalue weighted by molar-refractivity contribution is 7.10. The number of halogens is 1. The highest BCUT2D eigenvalue weighted by Gasteiger charge is 2.10. The number of hydrogen-bond donors (Lipinski definition) is 1. The van der Waals surface area contributed by atoms with Gasteiger partial charge in [-0.3, -0.25) is 0 Å². The van der Waals surface area contributed by atoms with Crippen LogP contribution in [0.4, 0.5) is 0 Å². The molecule has 0 aliphatic heterocycles. The van der Waals surface area contributed by atoms with E-state index >= 15 is 0 Å². The molecular formula is C12H20ClNO2S. The minimum absolute atomic E-state index is 0.411. The number of methoxy groups -OCH3 is 1. The van der Waals surface area contributed by atoms with Gasteiger partial charge in [0.2, 0.25) is 0 Å². The summed E-state index contributed by atoms with van der Waals surface area (Å²) in [4.78, 5) is 1.24. The van der Waals surface area contributed by atoms with Crippen LogP contribution >= 0.6 is 22.9 Å². The Hall–Kier alpha value is -0.130. The second-order valence-corrected chi connectivity index (χ2v) is 5.18. The van der Waals surface area contributed by atoms with Crippen molar-refractivity contribution >= 4 is 22.9 Å². The van der Waals surface area contributed by atoms with Gasteiger partial charge in [-0.25, -0.2) is 0 Å².